The predicted molar refractivity (Wildman–Crippen MR) is 52.7 cm³/mol. The van der Waals surface area contributed by atoms with Gasteiger partial charge in [0.1, 0.15) is 0 Å². The lowest BCUT2D eigenvalue weighted by molar-refractivity contribution is 0.230. The van der Waals surface area contributed by atoms with Gasteiger partial charge in [-0.3, -0.25) is 5.41 Å². The molecule has 0 aromatic heterocycles. The molecule has 0 aliphatic rings. The highest BCUT2D eigenvalue weighted by Crippen LogP contribution is 2.13. The molecule has 0 aromatic rings. The average molecular weight is 171 g/mol. The van der Waals surface area contributed by atoms with E-state index in [1.165, 1.54) is 25.7 Å². The van der Waals surface area contributed by atoms with Gasteiger partial charge >= 0.3 is 0 Å². The largest absolute Gasteiger partial charge is 0.483 e. The Morgan fingerprint density at radius 2 is 2.08 bits per heavy atom. The first-order valence-electron chi connectivity index (χ1n) is 4.95. The minimum atomic E-state index is 0.651. The van der Waals surface area contributed by atoms with Gasteiger partial charge in [0.05, 0.1) is 6.61 Å². The Bertz CT molecular complexity index is 104. The summed E-state index contributed by atoms with van der Waals surface area (Å²) in [6.07, 6.45) is 7.36. The van der Waals surface area contributed by atoms with Crippen molar-refractivity contribution < 1.29 is 4.74 Å². The second-order valence-electron chi connectivity index (χ2n) is 3.22. The van der Waals surface area contributed by atoms with E-state index in [9.17, 15) is 0 Å². The maximum Gasteiger partial charge on any atom is 0.166 e. The fourth-order valence-electron chi connectivity index (χ4n) is 1.27. The SMILES string of the molecule is CCCCCC(CC)COC=N. The Morgan fingerprint density at radius 1 is 1.33 bits per heavy atom. The van der Waals surface area contributed by atoms with Crippen LogP contribution in [0.5, 0.6) is 0 Å². The van der Waals surface area contributed by atoms with Crippen molar-refractivity contribution in [3.05, 3.63) is 0 Å². The van der Waals surface area contributed by atoms with Crippen LogP contribution in [-0.2, 0) is 4.74 Å². The minimum absolute atomic E-state index is 0.651. The van der Waals surface area contributed by atoms with E-state index in [1.54, 1.807) is 0 Å². The Morgan fingerprint density at radius 3 is 2.58 bits per heavy atom. The molecule has 0 aromatic carbocycles. The fraction of sp³-hybridized carbons (Fsp3) is 0.900. The molecule has 1 atom stereocenters. The Kier molecular flexibility index (Phi) is 8.19. The van der Waals surface area contributed by atoms with Crippen LogP contribution in [0.2, 0.25) is 0 Å². The number of hydrogen-bond donors (Lipinski definition) is 1. The van der Waals surface area contributed by atoms with E-state index in [4.69, 9.17) is 10.1 Å². The van der Waals surface area contributed by atoms with Gasteiger partial charge in [-0.1, -0.05) is 39.5 Å². The lowest BCUT2D eigenvalue weighted by Crippen LogP contribution is -2.07. The molecule has 0 spiro atoms. The number of ether oxygens (including phenoxy) is 1. The standard InChI is InChI=1S/C10H21NO/c1-3-5-6-7-10(4-2)8-12-9-11/h9-11H,3-8H2,1-2H3. The highest BCUT2D eigenvalue weighted by molar-refractivity contribution is 5.40. The zero-order chi connectivity index (χ0) is 9.23. The van der Waals surface area contributed by atoms with Crippen LogP contribution in [0.4, 0.5) is 0 Å². The third-order valence-corrected chi connectivity index (χ3v) is 2.21. The third-order valence-electron chi connectivity index (χ3n) is 2.21. The zero-order valence-electron chi connectivity index (χ0n) is 8.31. The maximum absolute atomic E-state index is 6.74. The molecular weight excluding hydrogens is 150 g/mol. The predicted octanol–water partition coefficient (Wildman–Crippen LogP) is 3.22. The van der Waals surface area contributed by atoms with E-state index in [2.05, 4.69) is 13.8 Å². The minimum Gasteiger partial charge on any atom is -0.483 e. The van der Waals surface area contributed by atoms with Crippen molar-refractivity contribution in [3.8, 4) is 0 Å². The zero-order valence-corrected chi connectivity index (χ0v) is 8.31. The summed E-state index contributed by atoms with van der Waals surface area (Å²) in [6, 6.07) is 0. The number of nitrogens with one attached hydrogen (secondary N) is 1. The number of hydrogen-bond acceptors (Lipinski definition) is 2. The summed E-state index contributed by atoms with van der Waals surface area (Å²) in [5, 5.41) is 6.74. The van der Waals surface area contributed by atoms with Crippen molar-refractivity contribution in [2.75, 3.05) is 6.61 Å². The molecule has 0 saturated carbocycles. The van der Waals surface area contributed by atoms with Crippen molar-refractivity contribution in [1.82, 2.24) is 0 Å². The summed E-state index contributed by atoms with van der Waals surface area (Å²) >= 11 is 0. The highest BCUT2D eigenvalue weighted by Gasteiger charge is 2.04. The van der Waals surface area contributed by atoms with Crippen LogP contribution >= 0.6 is 0 Å². The van der Waals surface area contributed by atoms with Crippen molar-refractivity contribution in [2.45, 2.75) is 46.0 Å². The molecule has 72 valence electrons. The molecule has 0 aliphatic heterocycles. The normalized spacial score (nSPS) is 12.5. The van der Waals surface area contributed by atoms with Gasteiger partial charge in [-0.2, -0.15) is 0 Å². The average Bonchev–Trinajstić information content (AvgIpc) is 2.11. The summed E-state index contributed by atoms with van der Waals surface area (Å²) in [5.41, 5.74) is 0. The molecule has 0 fully saturated rings. The van der Waals surface area contributed by atoms with Gasteiger partial charge in [0.2, 0.25) is 0 Å². The van der Waals surface area contributed by atoms with Crippen molar-refractivity contribution >= 4 is 6.40 Å². The molecule has 0 heterocycles. The van der Waals surface area contributed by atoms with Crippen LogP contribution < -0.4 is 0 Å². The fourth-order valence-corrected chi connectivity index (χ4v) is 1.27. The molecule has 0 saturated heterocycles. The summed E-state index contributed by atoms with van der Waals surface area (Å²) in [6.45, 7) is 5.13. The summed E-state index contributed by atoms with van der Waals surface area (Å²) in [4.78, 5) is 0. The van der Waals surface area contributed by atoms with E-state index in [1.807, 2.05) is 0 Å². The lowest BCUT2D eigenvalue weighted by atomic mass is 10.00. The van der Waals surface area contributed by atoms with E-state index >= 15 is 0 Å². The first kappa shape index (κ1) is 11.5. The summed E-state index contributed by atoms with van der Waals surface area (Å²) in [5.74, 6) is 0.651. The van der Waals surface area contributed by atoms with Gasteiger partial charge in [-0.05, 0) is 12.3 Å². The smallest absolute Gasteiger partial charge is 0.166 e. The van der Waals surface area contributed by atoms with Crippen molar-refractivity contribution in [1.29, 1.82) is 5.41 Å². The molecule has 12 heavy (non-hydrogen) atoms. The second-order valence-corrected chi connectivity index (χ2v) is 3.22. The lowest BCUT2D eigenvalue weighted by Gasteiger charge is -2.12. The molecular formula is C10H21NO. The first-order chi connectivity index (χ1) is 5.85. The maximum atomic E-state index is 6.74. The Balaban J connectivity index is 3.32. The van der Waals surface area contributed by atoms with Gasteiger partial charge in [-0.25, -0.2) is 0 Å². The van der Waals surface area contributed by atoms with E-state index in [-0.39, 0.29) is 0 Å². The highest BCUT2D eigenvalue weighted by atomic mass is 16.5. The number of rotatable bonds is 8. The Hall–Kier alpha value is -0.530. The molecule has 0 aliphatic carbocycles. The quantitative estimate of drug-likeness (QED) is 0.339. The van der Waals surface area contributed by atoms with Gasteiger partial charge in [0, 0.05) is 0 Å². The summed E-state index contributed by atoms with van der Waals surface area (Å²) < 4.78 is 4.96. The van der Waals surface area contributed by atoms with Crippen LogP contribution in [0.1, 0.15) is 46.0 Å². The van der Waals surface area contributed by atoms with E-state index in [0.29, 0.717) is 5.92 Å². The van der Waals surface area contributed by atoms with Crippen LogP contribution in [0, 0.1) is 11.3 Å². The molecule has 0 rings (SSSR count). The Labute approximate surface area is 75.8 Å². The van der Waals surface area contributed by atoms with Crippen molar-refractivity contribution in [2.24, 2.45) is 5.92 Å². The van der Waals surface area contributed by atoms with Crippen LogP contribution in [0.15, 0.2) is 0 Å². The van der Waals surface area contributed by atoms with Gasteiger partial charge < -0.3 is 4.74 Å². The molecule has 0 bridgehead atoms. The molecule has 2 nitrogen and oxygen atoms in total. The van der Waals surface area contributed by atoms with Crippen LogP contribution in [0.3, 0.4) is 0 Å². The molecule has 0 amide bonds. The second kappa shape index (κ2) is 8.57. The third kappa shape index (κ3) is 6.20. The van der Waals surface area contributed by atoms with Gasteiger partial charge in [0.15, 0.2) is 6.40 Å². The molecule has 1 unspecified atom stereocenters. The van der Waals surface area contributed by atoms with Crippen LogP contribution in [-0.4, -0.2) is 13.0 Å². The molecule has 0 radical (unpaired) electrons. The summed E-state index contributed by atoms with van der Waals surface area (Å²) in [7, 11) is 0. The monoisotopic (exact) mass is 171 g/mol. The van der Waals surface area contributed by atoms with Crippen LogP contribution in [0.25, 0.3) is 0 Å². The van der Waals surface area contributed by atoms with Crippen molar-refractivity contribution in [3.63, 3.8) is 0 Å². The topological polar surface area (TPSA) is 33.1 Å². The molecule has 2 heteroatoms. The van der Waals surface area contributed by atoms with E-state index < -0.39 is 0 Å². The first-order valence-corrected chi connectivity index (χ1v) is 4.95. The van der Waals surface area contributed by atoms with Gasteiger partial charge in [-0.15, -0.1) is 0 Å². The molecule has 1 N–H and O–H groups in total. The number of unbranched alkanes of at least 4 members (excludes halogenated alkanes) is 2. The van der Waals surface area contributed by atoms with Gasteiger partial charge in [0.25, 0.3) is 0 Å². The van der Waals surface area contributed by atoms with E-state index in [0.717, 1.165) is 19.4 Å².